The molecule has 2 rings (SSSR count). The first-order chi connectivity index (χ1) is 12.5. The van der Waals surface area contributed by atoms with Crippen LogP contribution in [0.2, 0.25) is 0 Å². The molecule has 0 spiro atoms. The molecule has 0 unspecified atom stereocenters. The summed E-state index contributed by atoms with van der Waals surface area (Å²) < 4.78 is 48.8. The summed E-state index contributed by atoms with van der Waals surface area (Å²) in [6.45, 7) is 4.16. The lowest BCUT2D eigenvalue weighted by molar-refractivity contribution is 0.00626. The van der Waals surface area contributed by atoms with E-state index in [1.165, 1.54) is 6.20 Å². The van der Waals surface area contributed by atoms with Gasteiger partial charge in [0.1, 0.15) is 17.5 Å². The Labute approximate surface area is 157 Å². The van der Waals surface area contributed by atoms with Crippen LogP contribution >= 0.6 is 0 Å². The summed E-state index contributed by atoms with van der Waals surface area (Å²) in [4.78, 5) is 11.9. The maximum absolute atomic E-state index is 14.0. The van der Waals surface area contributed by atoms with Gasteiger partial charge in [-0.25, -0.2) is 13.9 Å². The molecule has 148 valence electrons. The minimum absolute atomic E-state index is 0.0604. The summed E-state index contributed by atoms with van der Waals surface area (Å²) in [7, 11) is -3.91. The zero-order valence-corrected chi connectivity index (χ0v) is 16.1. The molecule has 0 fully saturated rings. The molecule has 0 saturated heterocycles. The molecule has 0 aliphatic heterocycles. The van der Waals surface area contributed by atoms with Crippen molar-refractivity contribution in [2.24, 2.45) is 0 Å². The molecule has 0 bridgehead atoms. The normalized spacial score (nSPS) is 13.3. The van der Waals surface area contributed by atoms with Crippen LogP contribution in [0.1, 0.15) is 36.8 Å². The molecule has 2 aromatic rings. The predicted molar refractivity (Wildman–Crippen MR) is 95.1 cm³/mol. The third-order valence-corrected chi connectivity index (χ3v) is 4.33. The fourth-order valence-electron chi connectivity index (χ4n) is 2.06. The lowest BCUT2D eigenvalue weighted by atomic mass is 10.2. The van der Waals surface area contributed by atoms with Crippen molar-refractivity contribution in [3.05, 3.63) is 47.8 Å². The number of halogens is 1. The van der Waals surface area contributed by atoms with Gasteiger partial charge in [0, 0.05) is 0 Å². The van der Waals surface area contributed by atoms with Crippen molar-refractivity contribution in [1.29, 1.82) is 0 Å². The molecule has 10 heteroatoms. The Morgan fingerprint density at radius 1 is 1.26 bits per heavy atom. The fraction of sp³-hybridized carbons (Fsp3) is 0.471. The molecule has 0 saturated carbocycles. The third-order valence-electron chi connectivity index (χ3n) is 3.15. The van der Waals surface area contributed by atoms with Crippen molar-refractivity contribution in [1.82, 2.24) is 15.0 Å². The average molecular weight is 399 g/mol. The van der Waals surface area contributed by atoms with E-state index in [1.807, 2.05) is 0 Å². The Morgan fingerprint density at radius 3 is 2.56 bits per heavy atom. The minimum Gasteiger partial charge on any atom is -0.455 e. The van der Waals surface area contributed by atoms with Gasteiger partial charge in [-0.15, -0.1) is 5.10 Å². The summed E-state index contributed by atoms with van der Waals surface area (Å²) in [6.07, 6.45) is -0.414. The zero-order valence-electron chi connectivity index (χ0n) is 15.3. The molecule has 1 heterocycles. The number of alkyl halides is 1. The molecule has 8 nitrogen and oxygen atoms in total. The first-order valence-electron chi connectivity index (χ1n) is 8.23. The number of carbonyl (C=O) groups is 1. The highest BCUT2D eigenvalue weighted by Gasteiger charge is 2.22. The van der Waals surface area contributed by atoms with Gasteiger partial charge in [0.25, 0.3) is 10.1 Å². The van der Waals surface area contributed by atoms with Gasteiger partial charge in [0.2, 0.25) is 0 Å². The Hall–Kier alpha value is -2.33. The molecule has 0 aliphatic rings. The molecule has 1 aromatic carbocycles. The van der Waals surface area contributed by atoms with Gasteiger partial charge >= 0.3 is 5.97 Å². The number of ether oxygens (including phenoxy) is 1. The molecule has 1 atom stereocenters. The van der Waals surface area contributed by atoms with Gasteiger partial charge in [-0.05, 0) is 26.3 Å². The maximum Gasteiger partial charge on any atom is 0.361 e. The van der Waals surface area contributed by atoms with Crippen molar-refractivity contribution in [3.8, 4) is 0 Å². The zero-order chi connectivity index (χ0) is 20.1. The van der Waals surface area contributed by atoms with Crippen molar-refractivity contribution >= 4 is 16.1 Å². The summed E-state index contributed by atoms with van der Waals surface area (Å²) in [6, 6.07) is 8.45. The highest BCUT2D eigenvalue weighted by atomic mass is 32.2. The first kappa shape index (κ1) is 21.0. The summed E-state index contributed by atoms with van der Waals surface area (Å²) in [5.41, 5.74) is -0.203. The van der Waals surface area contributed by atoms with Crippen LogP contribution in [0.5, 0.6) is 0 Å². The van der Waals surface area contributed by atoms with Crippen LogP contribution in [0.25, 0.3) is 0 Å². The van der Waals surface area contributed by atoms with Gasteiger partial charge in [-0.3, -0.25) is 4.18 Å². The van der Waals surface area contributed by atoms with Crippen LogP contribution in [-0.2, 0) is 31.3 Å². The van der Waals surface area contributed by atoms with E-state index < -0.39 is 34.5 Å². The molecular weight excluding hydrogens is 377 g/mol. The second-order valence-electron chi connectivity index (χ2n) is 6.90. The van der Waals surface area contributed by atoms with E-state index in [0.29, 0.717) is 5.56 Å². The Balaban J connectivity index is 1.85. The molecule has 0 aliphatic carbocycles. The molecule has 27 heavy (non-hydrogen) atoms. The van der Waals surface area contributed by atoms with Gasteiger partial charge in [0.15, 0.2) is 5.69 Å². The SMILES string of the molecule is CC(C)(C)OC(=O)c1cn(C[C@H](F)COS(=O)(=O)Cc2ccccc2)nn1. The quantitative estimate of drug-likeness (QED) is 0.495. The van der Waals surface area contributed by atoms with Gasteiger partial charge in [-0.2, -0.15) is 8.42 Å². The lowest BCUT2D eigenvalue weighted by Gasteiger charge is -2.18. The number of aromatic nitrogens is 3. The van der Waals surface area contributed by atoms with Crippen molar-refractivity contribution in [3.63, 3.8) is 0 Å². The van der Waals surface area contributed by atoms with Gasteiger partial charge in [-0.1, -0.05) is 35.5 Å². The topological polar surface area (TPSA) is 100 Å². The average Bonchev–Trinajstić information content (AvgIpc) is 3.01. The number of hydrogen-bond donors (Lipinski definition) is 0. The molecule has 1 aromatic heterocycles. The van der Waals surface area contributed by atoms with Crippen LogP contribution in [0.4, 0.5) is 4.39 Å². The fourth-order valence-corrected chi connectivity index (χ4v) is 3.10. The standard InChI is InChI=1S/C17H22FN3O5S/c1-17(2,3)26-16(22)15-10-21(20-19-15)9-14(18)11-25-27(23,24)12-13-7-5-4-6-8-13/h4-8,10,14H,9,11-12H2,1-3H3/t14-/m0/s1. The highest BCUT2D eigenvalue weighted by molar-refractivity contribution is 7.85. The number of esters is 1. The van der Waals surface area contributed by atoms with Crippen molar-refractivity contribution in [2.75, 3.05) is 6.61 Å². The smallest absolute Gasteiger partial charge is 0.361 e. The summed E-state index contributed by atoms with van der Waals surface area (Å²) in [5, 5.41) is 7.27. The number of benzene rings is 1. The highest BCUT2D eigenvalue weighted by Crippen LogP contribution is 2.11. The number of nitrogens with zero attached hydrogens (tertiary/aromatic N) is 3. The largest absolute Gasteiger partial charge is 0.455 e. The number of carbonyl (C=O) groups excluding carboxylic acids is 1. The van der Waals surface area contributed by atoms with Crippen LogP contribution in [-0.4, -0.2) is 47.8 Å². The Bertz CT molecular complexity index is 862. The molecule has 0 N–H and O–H groups in total. The molecular formula is C17H22FN3O5S. The number of rotatable bonds is 8. The maximum atomic E-state index is 14.0. The van der Waals surface area contributed by atoms with E-state index in [0.717, 1.165) is 4.68 Å². The summed E-state index contributed by atoms with van der Waals surface area (Å²) in [5.74, 6) is -1.02. The first-order valence-corrected chi connectivity index (χ1v) is 9.80. The molecule has 0 radical (unpaired) electrons. The van der Waals surface area contributed by atoms with E-state index in [2.05, 4.69) is 10.3 Å². The Kier molecular flexibility index (Phi) is 6.66. The van der Waals surface area contributed by atoms with Crippen molar-refractivity contribution < 1.29 is 26.5 Å². The van der Waals surface area contributed by atoms with Crippen LogP contribution in [0.15, 0.2) is 36.5 Å². The van der Waals surface area contributed by atoms with Gasteiger partial charge in [0.05, 0.1) is 19.3 Å². The van der Waals surface area contributed by atoms with E-state index in [1.54, 1.807) is 51.1 Å². The second kappa shape index (κ2) is 8.57. The van der Waals surface area contributed by atoms with Crippen LogP contribution in [0, 0.1) is 0 Å². The minimum atomic E-state index is -3.91. The lowest BCUT2D eigenvalue weighted by Crippen LogP contribution is -2.24. The second-order valence-corrected chi connectivity index (χ2v) is 8.54. The monoisotopic (exact) mass is 399 g/mol. The summed E-state index contributed by atoms with van der Waals surface area (Å²) >= 11 is 0. The van der Waals surface area contributed by atoms with Crippen LogP contribution in [0.3, 0.4) is 0 Å². The van der Waals surface area contributed by atoms with E-state index in [9.17, 15) is 17.6 Å². The predicted octanol–water partition coefficient (Wildman–Crippen LogP) is 2.12. The van der Waals surface area contributed by atoms with Crippen LogP contribution < -0.4 is 0 Å². The van der Waals surface area contributed by atoms with E-state index in [-0.39, 0.29) is 18.0 Å². The Morgan fingerprint density at radius 2 is 1.93 bits per heavy atom. The van der Waals surface area contributed by atoms with Crippen molar-refractivity contribution in [2.45, 2.75) is 44.8 Å². The molecule has 0 amide bonds. The van der Waals surface area contributed by atoms with Gasteiger partial charge < -0.3 is 4.74 Å². The third kappa shape index (κ3) is 7.43. The number of hydrogen-bond acceptors (Lipinski definition) is 7. The van der Waals surface area contributed by atoms with E-state index in [4.69, 9.17) is 8.92 Å². The van der Waals surface area contributed by atoms with E-state index >= 15 is 0 Å².